The number of hydrogen-bond acceptors (Lipinski definition) is 3. The summed E-state index contributed by atoms with van der Waals surface area (Å²) in [6, 6.07) is 13.5. The molecule has 0 aliphatic carbocycles. The smallest absolute Gasteiger partial charge is 0.189 e. The van der Waals surface area contributed by atoms with Gasteiger partial charge < -0.3 is 9.47 Å². The molecular formula is C16H15FO3. The summed E-state index contributed by atoms with van der Waals surface area (Å²) in [4.78, 5) is 11.4. The van der Waals surface area contributed by atoms with Crippen molar-refractivity contribution in [3.05, 3.63) is 65.5 Å². The summed E-state index contributed by atoms with van der Waals surface area (Å²) in [5, 5.41) is 0. The van der Waals surface area contributed by atoms with Gasteiger partial charge in [-0.2, -0.15) is 0 Å². The quantitative estimate of drug-likeness (QED) is 0.459. The van der Waals surface area contributed by atoms with Crippen molar-refractivity contribution in [3.8, 4) is 5.75 Å². The van der Waals surface area contributed by atoms with Crippen LogP contribution in [0.3, 0.4) is 0 Å². The molecule has 0 aliphatic heterocycles. The van der Waals surface area contributed by atoms with Crippen LogP contribution in [0.5, 0.6) is 5.75 Å². The number of hydrogen-bond donors (Lipinski definition) is 0. The molecule has 3 nitrogen and oxygen atoms in total. The maximum absolute atomic E-state index is 13.1. The van der Waals surface area contributed by atoms with Gasteiger partial charge in [-0.1, -0.05) is 30.3 Å². The Bertz CT molecular complexity index is 582. The minimum Gasteiger partial charge on any atom is -0.467 e. The maximum Gasteiger partial charge on any atom is 0.189 e. The molecule has 20 heavy (non-hydrogen) atoms. The van der Waals surface area contributed by atoms with Gasteiger partial charge in [-0.3, -0.25) is 4.79 Å². The van der Waals surface area contributed by atoms with Crippen molar-refractivity contribution in [2.75, 3.05) is 6.79 Å². The molecule has 0 heterocycles. The van der Waals surface area contributed by atoms with Gasteiger partial charge in [0.15, 0.2) is 12.6 Å². The molecule has 0 saturated heterocycles. The molecule has 2 aromatic carbocycles. The van der Waals surface area contributed by atoms with E-state index in [-0.39, 0.29) is 18.1 Å². The highest BCUT2D eigenvalue weighted by molar-refractivity contribution is 5.96. The number of halogens is 1. The zero-order valence-corrected chi connectivity index (χ0v) is 11.1. The molecule has 4 heteroatoms. The van der Waals surface area contributed by atoms with E-state index in [9.17, 15) is 9.18 Å². The van der Waals surface area contributed by atoms with Gasteiger partial charge in [0.2, 0.25) is 0 Å². The third-order valence-corrected chi connectivity index (χ3v) is 2.73. The van der Waals surface area contributed by atoms with E-state index in [0.717, 1.165) is 11.6 Å². The minimum atomic E-state index is -0.465. The molecule has 0 radical (unpaired) electrons. The molecule has 0 atom stereocenters. The predicted octanol–water partition coefficient (Wildman–Crippen LogP) is 3.58. The summed E-state index contributed by atoms with van der Waals surface area (Å²) in [5.74, 6) is -0.387. The van der Waals surface area contributed by atoms with E-state index < -0.39 is 5.82 Å². The molecule has 2 rings (SSSR count). The first kappa shape index (κ1) is 14.2. The lowest BCUT2D eigenvalue weighted by Crippen LogP contribution is -2.06. The monoisotopic (exact) mass is 274 g/mol. The Hall–Kier alpha value is -2.20. The van der Waals surface area contributed by atoms with E-state index in [4.69, 9.17) is 9.47 Å². The normalized spacial score (nSPS) is 10.3. The summed E-state index contributed by atoms with van der Waals surface area (Å²) < 4.78 is 23.8. The van der Waals surface area contributed by atoms with Crippen LogP contribution in [-0.4, -0.2) is 12.6 Å². The van der Waals surface area contributed by atoms with Gasteiger partial charge in [0.25, 0.3) is 0 Å². The molecule has 104 valence electrons. The maximum atomic E-state index is 13.1. The Morgan fingerprint density at radius 3 is 2.60 bits per heavy atom. The third-order valence-electron chi connectivity index (χ3n) is 2.73. The number of rotatable bonds is 6. The van der Waals surface area contributed by atoms with E-state index in [0.29, 0.717) is 12.4 Å². The fourth-order valence-corrected chi connectivity index (χ4v) is 1.74. The van der Waals surface area contributed by atoms with Gasteiger partial charge in [0.1, 0.15) is 11.6 Å². The van der Waals surface area contributed by atoms with E-state index in [1.54, 1.807) is 0 Å². The van der Waals surface area contributed by atoms with E-state index in [1.165, 1.54) is 19.1 Å². The van der Waals surface area contributed by atoms with Crippen LogP contribution in [0, 0.1) is 5.82 Å². The van der Waals surface area contributed by atoms with Gasteiger partial charge in [-0.15, -0.1) is 0 Å². The first-order valence-corrected chi connectivity index (χ1v) is 6.22. The van der Waals surface area contributed by atoms with Crippen molar-refractivity contribution in [2.45, 2.75) is 13.5 Å². The van der Waals surface area contributed by atoms with Gasteiger partial charge in [-0.05, 0) is 30.7 Å². The van der Waals surface area contributed by atoms with Crippen molar-refractivity contribution in [1.82, 2.24) is 0 Å². The Balaban J connectivity index is 1.90. The SMILES string of the molecule is CC(=O)c1cc(F)ccc1OCOCc1ccccc1. The van der Waals surface area contributed by atoms with Gasteiger partial charge >= 0.3 is 0 Å². The zero-order chi connectivity index (χ0) is 14.4. The van der Waals surface area contributed by atoms with Crippen LogP contribution in [0.2, 0.25) is 0 Å². The number of benzene rings is 2. The molecule has 0 unspecified atom stereocenters. The third kappa shape index (κ3) is 3.90. The molecule has 0 saturated carbocycles. The molecule has 0 spiro atoms. The average Bonchev–Trinajstić information content (AvgIpc) is 2.45. The van der Waals surface area contributed by atoms with Gasteiger partial charge in [0.05, 0.1) is 12.2 Å². The van der Waals surface area contributed by atoms with Crippen molar-refractivity contribution < 1.29 is 18.7 Å². The fraction of sp³-hybridized carbons (Fsp3) is 0.188. The number of carbonyl (C=O) groups is 1. The van der Waals surface area contributed by atoms with E-state index in [2.05, 4.69) is 0 Å². The summed E-state index contributed by atoms with van der Waals surface area (Å²) in [6.45, 7) is 1.78. The molecule has 0 aromatic heterocycles. The molecular weight excluding hydrogens is 259 g/mol. The summed E-state index contributed by atoms with van der Waals surface area (Å²) in [5.41, 5.74) is 1.25. The van der Waals surface area contributed by atoms with Crippen LogP contribution < -0.4 is 4.74 Å². The molecule has 2 aromatic rings. The molecule has 0 fully saturated rings. The number of carbonyl (C=O) groups excluding carboxylic acids is 1. The Morgan fingerprint density at radius 1 is 1.15 bits per heavy atom. The van der Waals surface area contributed by atoms with Crippen molar-refractivity contribution in [1.29, 1.82) is 0 Å². The van der Waals surface area contributed by atoms with Crippen LogP contribution in [0.4, 0.5) is 4.39 Å². The first-order valence-electron chi connectivity index (χ1n) is 6.22. The number of ether oxygens (including phenoxy) is 2. The summed E-state index contributed by atoms with van der Waals surface area (Å²) in [7, 11) is 0. The van der Waals surface area contributed by atoms with E-state index in [1.807, 2.05) is 30.3 Å². The van der Waals surface area contributed by atoms with Crippen LogP contribution >= 0.6 is 0 Å². The lowest BCUT2D eigenvalue weighted by Gasteiger charge is -2.10. The summed E-state index contributed by atoms with van der Waals surface area (Å²) >= 11 is 0. The number of ketones is 1. The molecule has 0 amide bonds. The Labute approximate surface area is 117 Å². The lowest BCUT2D eigenvalue weighted by molar-refractivity contribution is 0.00464. The second kappa shape index (κ2) is 6.82. The van der Waals surface area contributed by atoms with E-state index >= 15 is 0 Å². The highest BCUT2D eigenvalue weighted by Gasteiger charge is 2.09. The van der Waals surface area contributed by atoms with Crippen molar-refractivity contribution >= 4 is 5.78 Å². The van der Waals surface area contributed by atoms with Crippen LogP contribution in [0.25, 0.3) is 0 Å². The molecule has 0 N–H and O–H groups in total. The largest absolute Gasteiger partial charge is 0.467 e. The average molecular weight is 274 g/mol. The molecule has 0 aliphatic rings. The fourth-order valence-electron chi connectivity index (χ4n) is 1.74. The van der Waals surface area contributed by atoms with Crippen LogP contribution in [0.1, 0.15) is 22.8 Å². The van der Waals surface area contributed by atoms with Crippen molar-refractivity contribution in [3.63, 3.8) is 0 Å². The Kier molecular flexibility index (Phi) is 4.85. The second-order valence-corrected chi connectivity index (χ2v) is 4.29. The summed E-state index contributed by atoms with van der Waals surface area (Å²) in [6.07, 6.45) is 0. The topological polar surface area (TPSA) is 35.5 Å². The second-order valence-electron chi connectivity index (χ2n) is 4.29. The lowest BCUT2D eigenvalue weighted by atomic mass is 10.1. The number of Topliss-reactive ketones (excluding diaryl/α,β-unsaturated/α-hetero) is 1. The Morgan fingerprint density at radius 2 is 1.90 bits per heavy atom. The predicted molar refractivity (Wildman–Crippen MR) is 73.1 cm³/mol. The van der Waals surface area contributed by atoms with Crippen molar-refractivity contribution in [2.24, 2.45) is 0 Å². The minimum absolute atomic E-state index is 0.000800. The zero-order valence-electron chi connectivity index (χ0n) is 11.1. The highest BCUT2D eigenvalue weighted by Crippen LogP contribution is 2.20. The first-order chi connectivity index (χ1) is 9.66. The van der Waals surface area contributed by atoms with Crippen LogP contribution in [-0.2, 0) is 11.3 Å². The highest BCUT2D eigenvalue weighted by atomic mass is 19.1. The van der Waals surface area contributed by atoms with Gasteiger partial charge in [0, 0.05) is 0 Å². The van der Waals surface area contributed by atoms with Crippen LogP contribution in [0.15, 0.2) is 48.5 Å². The standard InChI is InChI=1S/C16H15FO3/c1-12(18)15-9-14(17)7-8-16(15)20-11-19-10-13-5-3-2-4-6-13/h2-9H,10-11H2,1H3. The molecule has 0 bridgehead atoms. The van der Waals surface area contributed by atoms with Gasteiger partial charge in [-0.25, -0.2) is 4.39 Å².